The highest BCUT2D eigenvalue weighted by atomic mass is 16.5. The summed E-state index contributed by atoms with van der Waals surface area (Å²) >= 11 is 0. The number of rotatable bonds is 1. The summed E-state index contributed by atoms with van der Waals surface area (Å²) in [5.41, 5.74) is 0. The molecule has 58 valence electrons. The zero-order chi connectivity index (χ0) is 8.10. The van der Waals surface area contributed by atoms with Crippen LogP contribution >= 0.6 is 0 Å². The van der Waals surface area contributed by atoms with Gasteiger partial charge in [-0.25, -0.2) is 0 Å². The number of allylic oxidation sites excluding steroid dienone is 2. The van der Waals surface area contributed by atoms with E-state index in [0.29, 0.717) is 0 Å². The Kier molecular flexibility index (Phi) is 2.74. The van der Waals surface area contributed by atoms with Crippen LogP contribution in [-0.2, 0) is 4.74 Å². The third-order valence-electron chi connectivity index (χ3n) is 1.70. The zero-order valence-electron chi connectivity index (χ0n) is 6.42. The van der Waals surface area contributed by atoms with Gasteiger partial charge in [0.15, 0.2) is 0 Å². The second-order valence-corrected chi connectivity index (χ2v) is 2.52. The van der Waals surface area contributed by atoms with Crippen LogP contribution in [0.3, 0.4) is 0 Å². The predicted molar refractivity (Wildman–Crippen MR) is 42.6 cm³/mol. The van der Waals surface area contributed by atoms with E-state index < -0.39 is 0 Å². The van der Waals surface area contributed by atoms with Gasteiger partial charge in [-0.2, -0.15) is 5.26 Å². The highest BCUT2D eigenvalue weighted by Crippen LogP contribution is 2.21. The second kappa shape index (κ2) is 3.82. The number of hydrogen-bond acceptors (Lipinski definition) is 2. The van der Waals surface area contributed by atoms with Crippen LogP contribution in [0.1, 0.15) is 19.3 Å². The van der Waals surface area contributed by atoms with E-state index >= 15 is 0 Å². The Bertz CT molecular complexity index is 212. The molecule has 0 saturated carbocycles. The topological polar surface area (TPSA) is 33.0 Å². The number of ether oxygens (including phenoxy) is 1. The average molecular weight is 149 g/mol. The minimum atomic E-state index is 0.114. The molecule has 0 aromatic heterocycles. The summed E-state index contributed by atoms with van der Waals surface area (Å²) in [6, 6.07) is 1.96. The fourth-order valence-corrected chi connectivity index (χ4v) is 1.13. The Morgan fingerprint density at radius 2 is 2.55 bits per heavy atom. The molecule has 2 heteroatoms. The van der Waals surface area contributed by atoms with E-state index in [9.17, 15) is 0 Å². The Morgan fingerprint density at radius 3 is 3.18 bits per heavy atom. The molecular weight excluding hydrogens is 138 g/mol. The van der Waals surface area contributed by atoms with Crippen molar-refractivity contribution >= 4 is 0 Å². The lowest BCUT2D eigenvalue weighted by molar-refractivity contribution is 0.109. The first kappa shape index (κ1) is 7.87. The lowest BCUT2D eigenvalue weighted by Crippen LogP contribution is -2.14. The van der Waals surface area contributed by atoms with Gasteiger partial charge in [0.05, 0.1) is 12.1 Å². The third kappa shape index (κ3) is 2.12. The summed E-state index contributed by atoms with van der Waals surface area (Å²) in [6.07, 6.45) is 6.36. The van der Waals surface area contributed by atoms with Crippen LogP contribution in [0.5, 0.6) is 0 Å². The van der Waals surface area contributed by atoms with E-state index in [1.54, 1.807) is 6.08 Å². The lowest BCUT2D eigenvalue weighted by Gasteiger charge is -2.22. The molecule has 1 aliphatic heterocycles. The summed E-state index contributed by atoms with van der Waals surface area (Å²) in [5, 5.41) is 8.35. The third-order valence-corrected chi connectivity index (χ3v) is 1.70. The van der Waals surface area contributed by atoms with Crippen molar-refractivity contribution in [2.45, 2.75) is 25.4 Å². The molecule has 0 N–H and O–H groups in total. The summed E-state index contributed by atoms with van der Waals surface area (Å²) in [4.78, 5) is 0. The molecule has 1 rings (SSSR count). The molecule has 1 aliphatic rings. The Labute approximate surface area is 66.8 Å². The van der Waals surface area contributed by atoms with Crippen molar-refractivity contribution in [1.82, 2.24) is 0 Å². The fourth-order valence-electron chi connectivity index (χ4n) is 1.13. The van der Waals surface area contributed by atoms with E-state index in [-0.39, 0.29) is 6.10 Å². The van der Waals surface area contributed by atoms with Crippen LogP contribution in [0.2, 0.25) is 0 Å². The molecule has 0 spiro atoms. The van der Waals surface area contributed by atoms with Crippen LogP contribution < -0.4 is 0 Å². The van der Waals surface area contributed by atoms with Crippen LogP contribution in [0, 0.1) is 11.3 Å². The first-order chi connectivity index (χ1) is 5.36. The van der Waals surface area contributed by atoms with Gasteiger partial charge in [0.1, 0.15) is 11.9 Å². The van der Waals surface area contributed by atoms with Crippen molar-refractivity contribution in [3.8, 4) is 6.07 Å². The zero-order valence-corrected chi connectivity index (χ0v) is 6.42. The van der Waals surface area contributed by atoms with Crippen molar-refractivity contribution in [1.29, 1.82) is 5.26 Å². The van der Waals surface area contributed by atoms with Gasteiger partial charge in [-0.05, 0) is 12.8 Å². The second-order valence-electron chi connectivity index (χ2n) is 2.52. The molecule has 0 aliphatic carbocycles. The molecule has 1 saturated heterocycles. The van der Waals surface area contributed by atoms with Gasteiger partial charge in [-0.1, -0.05) is 12.7 Å². The van der Waals surface area contributed by atoms with Crippen molar-refractivity contribution in [2.24, 2.45) is 0 Å². The minimum absolute atomic E-state index is 0.114. The Balaban J connectivity index is 2.53. The van der Waals surface area contributed by atoms with Crippen LogP contribution in [0.4, 0.5) is 0 Å². The minimum Gasteiger partial charge on any atom is -0.490 e. The maximum atomic E-state index is 8.35. The SMILES string of the molecule is C=CC1CCC/C(=C\C#N)O1. The van der Waals surface area contributed by atoms with Crippen molar-refractivity contribution in [3.05, 3.63) is 24.5 Å². The molecule has 1 unspecified atom stereocenters. The maximum absolute atomic E-state index is 8.35. The monoisotopic (exact) mass is 149 g/mol. The molecule has 1 fully saturated rings. The maximum Gasteiger partial charge on any atom is 0.116 e. The van der Waals surface area contributed by atoms with E-state index in [0.717, 1.165) is 25.0 Å². The molecule has 1 atom stereocenters. The van der Waals surface area contributed by atoms with Crippen molar-refractivity contribution in [2.75, 3.05) is 0 Å². The Hall–Kier alpha value is -1.23. The average Bonchev–Trinajstić information content (AvgIpc) is 2.06. The smallest absolute Gasteiger partial charge is 0.116 e. The highest BCUT2D eigenvalue weighted by Gasteiger charge is 2.13. The summed E-state index contributed by atoms with van der Waals surface area (Å²) in [7, 11) is 0. The molecule has 0 amide bonds. The van der Waals surface area contributed by atoms with Gasteiger partial charge < -0.3 is 4.74 Å². The summed E-state index contributed by atoms with van der Waals surface area (Å²) in [6.45, 7) is 3.64. The first-order valence-corrected chi connectivity index (χ1v) is 3.74. The van der Waals surface area contributed by atoms with E-state index in [2.05, 4.69) is 6.58 Å². The van der Waals surface area contributed by atoms with E-state index in [4.69, 9.17) is 10.00 Å². The predicted octanol–water partition coefficient (Wildman–Crippen LogP) is 2.15. The highest BCUT2D eigenvalue weighted by molar-refractivity contribution is 5.10. The van der Waals surface area contributed by atoms with E-state index in [1.165, 1.54) is 6.08 Å². The normalized spacial score (nSPS) is 27.2. The standard InChI is InChI=1S/C9H11NO/c1-2-8-4-3-5-9(11-8)6-7-10/h2,6,8H,1,3-5H2/b9-6+. The fraction of sp³-hybridized carbons (Fsp3) is 0.444. The summed E-state index contributed by atoms with van der Waals surface area (Å²) < 4.78 is 5.40. The molecule has 11 heavy (non-hydrogen) atoms. The van der Waals surface area contributed by atoms with Gasteiger partial charge in [0.2, 0.25) is 0 Å². The van der Waals surface area contributed by atoms with Crippen molar-refractivity contribution < 1.29 is 4.74 Å². The molecule has 0 bridgehead atoms. The van der Waals surface area contributed by atoms with Crippen molar-refractivity contribution in [3.63, 3.8) is 0 Å². The number of hydrogen-bond donors (Lipinski definition) is 0. The quantitative estimate of drug-likeness (QED) is 0.422. The van der Waals surface area contributed by atoms with Gasteiger partial charge in [-0.15, -0.1) is 0 Å². The summed E-state index contributed by atoms with van der Waals surface area (Å²) in [5.74, 6) is 0.795. The molecule has 2 nitrogen and oxygen atoms in total. The number of nitrogens with zero attached hydrogens (tertiary/aromatic N) is 1. The van der Waals surface area contributed by atoms with Gasteiger partial charge in [0.25, 0.3) is 0 Å². The molecule has 1 heterocycles. The van der Waals surface area contributed by atoms with Crippen LogP contribution in [-0.4, -0.2) is 6.10 Å². The Morgan fingerprint density at radius 1 is 1.73 bits per heavy atom. The largest absolute Gasteiger partial charge is 0.490 e. The van der Waals surface area contributed by atoms with E-state index in [1.807, 2.05) is 6.07 Å². The molecule has 0 aromatic carbocycles. The van der Waals surface area contributed by atoms with Crippen LogP contribution in [0.15, 0.2) is 24.5 Å². The van der Waals surface area contributed by atoms with Gasteiger partial charge in [-0.3, -0.25) is 0 Å². The molecule has 0 radical (unpaired) electrons. The molecule has 0 aromatic rings. The van der Waals surface area contributed by atoms with Gasteiger partial charge >= 0.3 is 0 Å². The van der Waals surface area contributed by atoms with Gasteiger partial charge in [0, 0.05) is 6.42 Å². The van der Waals surface area contributed by atoms with Crippen LogP contribution in [0.25, 0.3) is 0 Å². The first-order valence-electron chi connectivity index (χ1n) is 3.74. The lowest BCUT2D eigenvalue weighted by atomic mass is 10.1. The molecular formula is C9H11NO. The number of nitriles is 1.